The number of likely N-dealkylation sites (N-methyl/N-ethyl adjacent to an activating group) is 1. The molecule has 1 fully saturated rings. The van der Waals surface area contributed by atoms with E-state index in [1.54, 1.807) is 30.3 Å². The van der Waals surface area contributed by atoms with Gasteiger partial charge in [0, 0.05) is 60.6 Å². The molecule has 1 atom stereocenters. The van der Waals surface area contributed by atoms with Crippen LogP contribution in [0.4, 0.5) is 5.69 Å². The number of anilines is 1. The summed E-state index contributed by atoms with van der Waals surface area (Å²) in [5.74, 6) is 0.0777. The van der Waals surface area contributed by atoms with E-state index in [0.717, 1.165) is 31.7 Å². The molecule has 7 nitrogen and oxygen atoms in total. The second kappa shape index (κ2) is 10.9. The average molecular weight is 474 g/mol. The zero-order valence-electron chi connectivity index (χ0n) is 18.4. The van der Waals surface area contributed by atoms with Gasteiger partial charge < -0.3 is 16.0 Å². The Kier molecular flexibility index (Phi) is 8.26. The Balaban J connectivity index is 1.76. The van der Waals surface area contributed by atoms with Crippen LogP contribution >= 0.6 is 11.6 Å². The molecule has 0 bridgehead atoms. The maximum absolute atomic E-state index is 12.9. The minimum Gasteiger partial charge on any atom is -0.398 e. The average Bonchev–Trinajstić information content (AvgIpc) is 2.78. The van der Waals surface area contributed by atoms with E-state index >= 15 is 0 Å². The predicted molar refractivity (Wildman–Crippen MR) is 128 cm³/mol. The number of piperazine rings is 1. The molecule has 1 heterocycles. The Morgan fingerprint density at radius 3 is 2.59 bits per heavy atom. The van der Waals surface area contributed by atoms with Gasteiger partial charge in [0.25, 0.3) is 5.91 Å². The minimum atomic E-state index is -1.17. The van der Waals surface area contributed by atoms with Crippen LogP contribution in [-0.4, -0.2) is 58.9 Å². The molecular weight excluding hydrogens is 446 g/mol. The summed E-state index contributed by atoms with van der Waals surface area (Å²) in [6.07, 6.45) is 0. The molecule has 32 heavy (non-hydrogen) atoms. The van der Waals surface area contributed by atoms with Crippen LogP contribution in [0.25, 0.3) is 0 Å². The topological polar surface area (TPSA) is 102 Å². The SMILES string of the molecule is CCS(=O)c1ccc(Cl)cc1CNC(=O)c1cc(C#N)c(CN2CCN(C)CC2)cc1N. The van der Waals surface area contributed by atoms with Gasteiger partial charge in [0.1, 0.15) is 0 Å². The van der Waals surface area contributed by atoms with Crippen LogP contribution in [0.5, 0.6) is 0 Å². The lowest BCUT2D eigenvalue weighted by atomic mass is 10.0. The summed E-state index contributed by atoms with van der Waals surface area (Å²) >= 11 is 6.09. The Hall–Kier alpha value is -2.44. The van der Waals surface area contributed by atoms with Gasteiger partial charge in [-0.15, -0.1) is 0 Å². The summed E-state index contributed by atoms with van der Waals surface area (Å²) in [5, 5.41) is 13.0. The lowest BCUT2D eigenvalue weighted by molar-refractivity contribution is 0.0951. The number of benzene rings is 2. The second-order valence-electron chi connectivity index (χ2n) is 7.86. The highest BCUT2D eigenvalue weighted by molar-refractivity contribution is 7.85. The molecule has 0 spiro atoms. The van der Waals surface area contributed by atoms with Gasteiger partial charge in [-0.1, -0.05) is 18.5 Å². The van der Waals surface area contributed by atoms with Crippen LogP contribution in [0.1, 0.15) is 34.0 Å². The molecule has 3 rings (SSSR count). The number of amides is 1. The van der Waals surface area contributed by atoms with E-state index < -0.39 is 16.7 Å². The van der Waals surface area contributed by atoms with Crippen LogP contribution < -0.4 is 11.1 Å². The van der Waals surface area contributed by atoms with Crippen molar-refractivity contribution in [3.63, 3.8) is 0 Å². The molecular formula is C23H28ClN5O2S. The van der Waals surface area contributed by atoms with Crippen molar-refractivity contribution in [1.29, 1.82) is 5.26 Å². The first-order valence-electron chi connectivity index (χ1n) is 10.5. The number of rotatable bonds is 7. The molecule has 1 saturated heterocycles. The molecule has 9 heteroatoms. The van der Waals surface area contributed by atoms with Crippen molar-refractivity contribution in [1.82, 2.24) is 15.1 Å². The number of nitrogens with zero attached hydrogens (tertiary/aromatic N) is 3. The van der Waals surface area contributed by atoms with Gasteiger partial charge >= 0.3 is 0 Å². The Morgan fingerprint density at radius 2 is 1.94 bits per heavy atom. The van der Waals surface area contributed by atoms with Crippen LogP contribution in [-0.2, 0) is 23.9 Å². The maximum Gasteiger partial charge on any atom is 0.253 e. The van der Waals surface area contributed by atoms with Crippen LogP contribution in [0, 0.1) is 11.3 Å². The fourth-order valence-electron chi connectivity index (χ4n) is 3.68. The van der Waals surface area contributed by atoms with Gasteiger partial charge in [0.05, 0.1) is 28.0 Å². The largest absolute Gasteiger partial charge is 0.398 e. The zero-order chi connectivity index (χ0) is 23.3. The van der Waals surface area contributed by atoms with Crippen molar-refractivity contribution < 1.29 is 9.00 Å². The van der Waals surface area contributed by atoms with Gasteiger partial charge in [0.15, 0.2) is 0 Å². The van der Waals surface area contributed by atoms with E-state index in [4.69, 9.17) is 17.3 Å². The molecule has 1 unspecified atom stereocenters. The summed E-state index contributed by atoms with van der Waals surface area (Å²) in [6.45, 7) is 6.41. The molecule has 2 aromatic carbocycles. The standard InChI is InChI=1S/C23H28ClN5O2S/c1-3-32(31)22-5-4-19(24)10-17(22)14-27-23(30)20-11-16(13-25)18(12-21(20)26)15-29-8-6-28(2)7-9-29/h4-5,10-12H,3,6-9,14-15,26H2,1-2H3,(H,27,30). The Morgan fingerprint density at radius 1 is 1.22 bits per heavy atom. The third-order valence-electron chi connectivity index (χ3n) is 5.60. The third kappa shape index (κ3) is 5.87. The number of hydrogen-bond acceptors (Lipinski definition) is 6. The van der Waals surface area contributed by atoms with Gasteiger partial charge in [-0.05, 0) is 48.5 Å². The maximum atomic E-state index is 12.9. The molecule has 1 aliphatic rings. The van der Waals surface area contributed by atoms with Crippen molar-refractivity contribution in [2.24, 2.45) is 0 Å². The Labute approximate surface area is 196 Å². The molecule has 0 aliphatic carbocycles. The number of halogens is 1. The summed E-state index contributed by atoms with van der Waals surface area (Å²) in [4.78, 5) is 18.0. The third-order valence-corrected chi connectivity index (χ3v) is 7.25. The summed E-state index contributed by atoms with van der Waals surface area (Å²) < 4.78 is 12.3. The number of nitrogens with two attached hydrogens (primary N) is 1. The lowest BCUT2D eigenvalue weighted by Gasteiger charge is -2.32. The molecule has 1 aliphatic heterocycles. The molecule has 0 aromatic heterocycles. The molecule has 0 radical (unpaired) electrons. The molecule has 0 saturated carbocycles. The minimum absolute atomic E-state index is 0.158. The van der Waals surface area contributed by atoms with Crippen LogP contribution in [0.2, 0.25) is 5.02 Å². The number of hydrogen-bond donors (Lipinski definition) is 2. The first kappa shape index (κ1) is 24.2. The van der Waals surface area contributed by atoms with Crippen molar-refractivity contribution >= 4 is 34.0 Å². The highest BCUT2D eigenvalue weighted by atomic mass is 35.5. The van der Waals surface area contributed by atoms with Gasteiger partial charge in [-0.25, -0.2) is 0 Å². The van der Waals surface area contributed by atoms with Crippen molar-refractivity contribution in [3.05, 3.63) is 57.6 Å². The van der Waals surface area contributed by atoms with Crippen LogP contribution in [0.15, 0.2) is 35.2 Å². The summed E-state index contributed by atoms with van der Waals surface area (Å²) in [5.41, 5.74) is 8.74. The number of nitriles is 1. The summed E-state index contributed by atoms with van der Waals surface area (Å²) in [6, 6.07) is 10.6. The zero-order valence-corrected chi connectivity index (χ0v) is 19.9. The highest BCUT2D eigenvalue weighted by Crippen LogP contribution is 2.23. The van der Waals surface area contributed by atoms with Gasteiger partial charge in [0.2, 0.25) is 0 Å². The normalized spacial score (nSPS) is 15.8. The van der Waals surface area contributed by atoms with E-state index in [1.165, 1.54) is 0 Å². The predicted octanol–water partition coefficient (Wildman–Crippen LogP) is 2.60. The highest BCUT2D eigenvalue weighted by Gasteiger charge is 2.19. The van der Waals surface area contributed by atoms with E-state index in [9.17, 15) is 14.3 Å². The molecule has 1 amide bonds. The van der Waals surface area contributed by atoms with Gasteiger partial charge in [-0.2, -0.15) is 5.26 Å². The van der Waals surface area contributed by atoms with E-state index in [-0.39, 0.29) is 12.1 Å². The quantitative estimate of drug-likeness (QED) is 0.599. The smallest absolute Gasteiger partial charge is 0.253 e. The van der Waals surface area contributed by atoms with Crippen molar-refractivity contribution in [3.8, 4) is 6.07 Å². The van der Waals surface area contributed by atoms with Crippen molar-refractivity contribution in [2.45, 2.75) is 24.9 Å². The molecule has 2 aromatic rings. The lowest BCUT2D eigenvalue weighted by Crippen LogP contribution is -2.44. The number of carbonyl (C=O) groups excluding carboxylic acids is 1. The number of nitrogens with one attached hydrogen (secondary N) is 1. The fourth-order valence-corrected chi connectivity index (χ4v) is 4.83. The molecule has 170 valence electrons. The first-order valence-corrected chi connectivity index (χ1v) is 12.2. The summed E-state index contributed by atoms with van der Waals surface area (Å²) in [7, 11) is 0.919. The van der Waals surface area contributed by atoms with Gasteiger partial charge in [-0.3, -0.25) is 13.9 Å². The fraction of sp³-hybridized carbons (Fsp3) is 0.391. The first-order chi connectivity index (χ1) is 15.3. The second-order valence-corrected chi connectivity index (χ2v) is 10.0. The van der Waals surface area contributed by atoms with Crippen LogP contribution in [0.3, 0.4) is 0 Å². The number of carbonyl (C=O) groups is 1. The van der Waals surface area contributed by atoms with E-state index in [0.29, 0.717) is 39.0 Å². The monoisotopic (exact) mass is 473 g/mol. The van der Waals surface area contributed by atoms with E-state index in [1.807, 2.05) is 6.92 Å². The Bertz CT molecular complexity index is 1060. The van der Waals surface area contributed by atoms with E-state index in [2.05, 4.69) is 28.2 Å². The van der Waals surface area contributed by atoms with Crippen molar-refractivity contribution in [2.75, 3.05) is 44.7 Å². The number of nitrogen functional groups attached to an aromatic ring is 1. The molecule has 3 N–H and O–H groups in total.